The Morgan fingerprint density at radius 3 is 2.35 bits per heavy atom. The van der Waals surface area contributed by atoms with Crippen LogP contribution in [0.3, 0.4) is 0 Å². The molecule has 1 atom stereocenters. The third-order valence-corrected chi connectivity index (χ3v) is 7.47. The molecule has 0 radical (unpaired) electrons. The van der Waals surface area contributed by atoms with Crippen LogP contribution in [0.2, 0.25) is 0 Å². The number of para-hydroxylation sites is 1. The highest BCUT2D eigenvalue weighted by Gasteiger charge is 2.36. The van der Waals surface area contributed by atoms with Crippen molar-refractivity contribution in [2.75, 3.05) is 6.61 Å². The fourth-order valence-electron chi connectivity index (χ4n) is 4.19. The second-order valence-electron chi connectivity index (χ2n) is 8.72. The molecule has 1 amide bonds. The van der Waals surface area contributed by atoms with E-state index in [9.17, 15) is 4.79 Å². The Balaban J connectivity index is 1.51. The summed E-state index contributed by atoms with van der Waals surface area (Å²) in [4.78, 5) is 15.8. The van der Waals surface area contributed by atoms with Gasteiger partial charge in [-0.2, -0.15) is 5.10 Å². The highest BCUT2D eigenvalue weighted by atomic mass is 32.2. The lowest BCUT2D eigenvalue weighted by Gasteiger charge is -2.23. The van der Waals surface area contributed by atoms with Gasteiger partial charge in [-0.15, -0.1) is 0 Å². The summed E-state index contributed by atoms with van der Waals surface area (Å²) in [5.74, 6) is 0.735. The highest BCUT2D eigenvalue weighted by molar-refractivity contribution is 8.26. The molecular weight excluding hydrogens is 498 g/mol. The highest BCUT2D eigenvalue weighted by Crippen LogP contribution is 2.39. The minimum Gasteiger partial charge on any atom is -0.494 e. The first-order valence-electron chi connectivity index (χ1n) is 12.3. The van der Waals surface area contributed by atoms with E-state index in [1.54, 1.807) is 4.90 Å². The van der Waals surface area contributed by atoms with Gasteiger partial charge in [-0.25, -0.2) is 4.68 Å². The van der Waals surface area contributed by atoms with Crippen molar-refractivity contribution in [1.82, 2.24) is 14.7 Å². The Kier molecular flexibility index (Phi) is 7.53. The zero-order chi connectivity index (χ0) is 25.8. The van der Waals surface area contributed by atoms with Gasteiger partial charge in [0.2, 0.25) is 0 Å². The van der Waals surface area contributed by atoms with E-state index >= 15 is 0 Å². The summed E-state index contributed by atoms with van der Waals surface area (Å²) in [5.41, 5.74) is 4.56. The zero-order valence-electron chi connectivity index (χ0n) is 20.7. The van der Waals surface area contributed by atoms with Crippen molar-refractivity contribution in [3.05, 3.63) is 107 Å². The Morgan fingerprint density at radius 2 is 1.68 bits per heavy atom. The molecule has 0 spiro atoms. The number of carbonyl (C=O) groups excluding carboxylic acids is 1. The fourth-order valence-corrected chi connectivity index (χ4v) is 5.60. The molecule has 7 heteroatoms. The topological polar surface area (TPSA) is 47.4 Å². The molecule has 1 fully saturated rings. The van der Waals surface area contributed by atoms with E-state index in [1.807, 2.05) is 109 Å². The van der Waals surface area contributed by atoms with Gasteiger partial charge in [0.1, 0.15) is 10.1 Å². The van der Waals surface area contributed by atoms with Crippen molar-refractivity contribution < 1.29 is 9.53 Å². The second-order valence-corrected chi connectivity index (χ2v) is 10.4. The first-order valence-corrected chi connectivity index (χ1v) is 13.5. The van der Waals surface area contributed by atoms with Crippen LogP contribution in [-0.2, 0) is 4.79 Å². The third-order valence-electron chi connectivity index (χ3n) is 6.14. The van der Waals surface area contributed by atoms with Crippen molar-refractivity contribution in [3.63, 3.8) is 0 Å². The quantitative estimate of drug-likeness (QED) is 0.179. The summed E-state index contributed by atoms with van der Waals surface area (Å²) in [5, 5.41) is 4.89. The van der Waals surface area contributed by atoms with Gasteiger partial charge < -0.3 is 4.74 Å². The molecule has 4 aromatic rings. The second kappa shape index (κ2) is 11.2. The normalized spacial score (nSPS) is 15.4. The van der Waals surface area contributed by atoms with Crippen molar-refractivity contribution in [2.24, 2.45) is 0 Å². The number of nitrogens with zero attached hydrogens (tertiary/aromatic N) is 3. The summed E-state index contributed by atoms with van der Waals surface area (Å²) in [6.07, 6.45) is 4.81. The SMILES string of the molecule is CCCOc1ccc(-c2nn(-c3ccccc3)cc2C=C2SC(=S)N(C(C)c3ccccc3)C2=O)cc1. The van der Waals surface area contributed by atoms with Gasteiger partial charge in [-0.05, 0) is 61.4 Å². The van der Waals surface area contributed by atoms with Crippen molar-refractivity contribution >= 4 is 40.3 Å². The molecule has 1 unspecified atom stereocenters. The molecule has 0 bridgehead atoms. The van der Waals surface area contributed by atoms with E-state index in [0.717, 1.165) is 40.2 Å². The summed E-state index contributed by atoms with van der Waals surface area (Å²) >= 11 is 6.97. The molecular formula is C30H27N3O2S2. The van der Waals surface area contributed by atoms with Crippen LogP contribution in [0.15, 0.2) is 96.0 Å². The maximum atomic E-state index is 13.5. The predicted octanol–water partition coefficient (Wildman–Crippen LogP) is 7.29. The largest absolute Gasteiger partial charge is 0.494 e. The number of benzene rings is 3. The van der Waals surface area contributed by atoms with Crippen LogP contribution in [0.5, 0.6) is 5.75 Å². The first kappa shape index (κ1) is 25.0. The van der Waals surface area contributed by atoms with Crippen LogP contribution in [0.4, 0.5) is 0 Å². The molecule has 0 N–H and O–H groups in total. The molecule has 1 aromatic heterocycles. The van der Waals surface area contributed by atoms with Gasteiger partial charge in [0.25, 0.3) is 5.91 Å². The summed E-state index contributed by atoms with van der Waals surface area (Å²) < 4.78 is 8.15. The molecule has 186 valence electrons. The predicted molar refractivity (Wildman–Crippen MR) is 155 cm³/mol. The molecule has 2 heterocycles. The van der Waals surface area contributed by atoms with Gasteiger partial charge in [-0.1, -0.05) is 79.4 Å². The third kappa shape index (κ3) is 5.38. The number of thioether (sulfide) groups is 1. The number of carbonyl (C=O) groups is 1. The van der Waals surface area contributed by atoms with Gasteiger partial charge >= 0.3 is 0 Å². The number of amides is 1. The number of ether oxygens (including phenoxy) is 1. The van der Waals surface area contributed by atoms with Gasteiger partial charge in [-0.3, -0.25) is 9.69 Å². The Labute approximate surface area is 226 Å². The van der Waals surface area contributed by atoms with Crippen LogP contribution in [0.1, 0.15) is 37.4 Å². The van der Waals surface area contributed by atoms with Gasteiger partial charge in [0.15, 0.2) is 0 Å². The Morgan fingerprint density at radius 1 is 1.00 bits per heavy atom. The van der Waals surface area contributed by atoms with E-state index in [0.29, 0.717) is 15.8 Å². The molecule has 5 nitrogen and oxygen atoms in total. The lowest BCUT2D eigenvalue weighted by Crippen LogP contribution is -2.30. The fraction of sp³-hybridized carbons (Fsp3) is 0.167. The maximum absolute atomic E-state index is 13.5. The van der Waals surface area contributed by atoms with E-state index in [1.165, 1.54) is 11.8 Å². The molecule has 1 aliphatic rings. The van der Waals surface area contributed by atoms with Crippen LogP contribution in [0, 0.1) is 0 Å². The number of hydrogen-bond donors (Lipinski definition) is 0. The smallest absolute Gasteiger partial charge is 0.266 e. The van der Waals surface area contributed by atoms with E-state index in [2.05, 4.69) is 6.92 Å². The zero-order valence-corrected chi connectivity index (χ0v) is 22.3. The van der Waals surface area contributed by atoms with E-state index in [4.69, 9.17) is 22.1 Å². The summed E-state index contributed by atoms with van der Waals surface area (Å²) in [6, 6.07) is 27.7. The monoisotopic (exact) mass is 525 g/mol. The lowest BCUT2D eigenvalue weighted by atomic mass is 10.1. The van der Waals surface area contributed by atoms with Crippen LogP contribution in [-0.4, -0.2) is 31.5 Å². The number of hydrogen-bond acceptors (Lipinski definition) is 5. The first-order chi connectivity index (χ1) is 18.0. The van der Waals surface area contributed by atoms with Crippen LogP contribution >= 0.6 is 24.0 Å². The number of thiocarbonyl (C=S) groups is 1. The number of aromatic nitrogens is 2. The molecule has 3 aromatic carbocycles. The minimum atomic E-state index is -0.151. The number of rotatable bonds is 8. The molecule has 0 aliphatic carbocycles. The van der Waals surface area contributed by atoms with E-state index in [-0.39, 0.29) is 11.9 Å². The molecule has 5 rings (SSSR count). The average Bonchev–Trinajstić information content (AvgIpc) is 3.48. The maximum Gasteiger partial charge on any atom is 0.266 e. The standard InChI is InChI=1S/C30H27N3O2S2/c1-3-18-35-26-16-14-23(15-17-26)28-24(20-32(31-28)25-12-8-5-9-13-25)19-27-29(34)33(30(36)37-27)21(2)22-10-6-4-7-11-22/h4-17,19-21H,3,18H2,1-2H3. The van der Waals surface area contributed by atoms with Crippen molar-refractivity contribution in [1.29, 1.82) is 0 Å². The average molecular weight is 526 g/mol. The van der Waals surface area contributed by atoms with Crippen LogP contribution < -0.4 is 4.74 Å². The molecule has 0 saturated carbocycles. The summed E-state index contributed by atoms with van der Waals surface area (Å²) in [7, 11) is 0. The summed E-state index contributed by atoms with van der Waals surface area (Å²) in [6.45, 7) is 4.76. The van der Waals surface area contributed by atoms with Gasteiger partial charge in [0.05, 0.1) is 28.9 Å². The molecule has 37 heavy (non-hydrogen) atoms. The Hall–Kier alpha value is -3.68. The van der Waals surface area contributed by atoms with Crippen LogP contribution in [0.25, 0.3) is 23.0 Å². The Bertz CT molecular complexity index is 1430. The minimum absolute atomic E-state index is 0.0897. The molecule has 1 saturated heterocycles. The van der Waals surface area contributed by atoms with Gasteiger partial charge in [0, 0.05) is 17.3 Å². The van der Waals surface area contributed by atoms with E-state index < -0.39 is 0 Å². The molecule has 1 aliphatic heterocycles. The van der Waals surface area contributed by atoms with Crippen molar-refractivity contribution in [2.45, 2.75) is 26.3 Å². The van der Waals surface area contributed by atoms with Crippen molar-refractivity contribution in [3.8, 4) is 22.7 Å². The lowest BCUT2D eigenvalue weighted by molar-refractivity contribution is -0.123.